The lowest BCUT2D eigenvalue weighted by molar-refractivity contribution is 0.395. The van der Waals surface area contributed by atoms with Crippen molar-refractivity contribution in [1.29, 1.82) is 0 Å². The molecule has 1 aliphatic rings. The number of H-pyrrole nitrogens is 1. The molecule has 0 spiro atoms. The maximum absolute atomic E-state index is 5.05. The first kappa shape index (κ1) is 12.9. The van der Waals surface area contributed by atoms with Crippen LogP contribution in [0, 0.1) is 13.3 Å². The van der Waals surface area contributed by atoms with E-state index in [0.29, 0.717) is 17.6 Å². The number of hydrogen-bond donors (Lipinski definition) is 2. The molecule has 20 heavy (non-hydrogen) atoms. The maximum Gasteiger partial charge on any atom is 0.232 e. The molecule has 1 fully saturated rings. The van der Waals surface area contributed by atoms with Crippen molar-refractivity contribution in [1.82, 2.24) is 20.2 Å². The van der Waals surface area contributed by atoms with Gasteiger partial charge in [-0.2, -0.15) is 5.10 Å². The minimum Gasteiger partial charge on any atom is -0.480 e. The van der Waals surface area contributed by atoms with Crippen molar-refractivity contribution >= 4 is 11.6 Å². The van der Waals surface area contributed by atoms with Gasteiger partial charge in [0.2, 0.25) is 5.88 Å². The fraction of sp³-hybridized carbons (Fsp3) is 0.429. The van der Waals surface area contributed by atoms with E-state index in [2.05, 4.69) is 38.0 Å². The van der Waals surface area contributed by atoms with Crippen LogP contribution in [0.5, 0.6) is 5.88 Å². The van der Waals surface area contributed by atoms with Gasteiger partial charge in [0.05, 0.1) is 19.0 Å². The molecule has 3 rings (SSSR count). The Balaban J connectivity index is 1.74. The number of nitrogens with zero attached hydrogens (tertiary/aromatic N) is 3. The Bertz CT molecular complexity index is 589. The maximum atomic E-state index is 5.05. The lowest BCUT2D eigenvalue weighted by atomic mass is 10.0. The zero-order valence-corrected chi connectivity index (χ0v) is 11.7. The van der Waals surface area contributed by atoms with Gasteiger partial charge in [0.15, 0.2) is 11.6 Å². The quantitative estimate of drug-likeness (QED) is 0.895. The zero-order chi connectivity index (χ0) is 13.9. The second-order valence-corrected chi connectivity index (χ2v) is 4.98. The first-order valence-corrected chi connectivity index (χ1v) is 6.78. The summed E-state index contributed by atoms with van der Waals surface area (Å²) in [5.74, 6) is 2.55. The van der Waals surface area contributed by atoms with E-state index in [4.69, 9.17) is 4.74 Å². The second-order valence-electron chi connectivity index (χ2n) is 4.98. The average Bonchev–Trinajstić information content (AvgIpc) is 3.11. The van der Waals surface area contributed by atoms with Crippen molar-refractivity contribution in [2.75, 3.05) is 12.4 Å². The summed E-state index contributed by atoms with van der Waals surface area (Å²) in [6.45, 7) is 1.89. The molecular formula is C14H18N5O. The van der Waals surface area contributed by atoms with Crippen LogP contribution in [-0.2, 0) is 0 Å². The molecule has 1 radical (unpaired) electrons. The molecule has 0 unspecified atom stereocenters. The number of anilines is 2. The van der Waals surface area contributed by atoms with E-state index in [1.54, 1.807) is 13.3 Å². The van der Waals surface area contributed by atoms with Gasteiger partial charge in [0, 0.05) is 17.7 Å². The smallest absolute Gasteiger partial charge is 0.232 e. The summed E-state index contributed by atoms with van der Waals surface area (Å²) >= 11 is 0. The first-order valence-electron chi connectivity index (χ1n) is 6.78. The predicted octanol–water partition coefficient (Wildman–Crippen LogP) is 2.73. The van der Waals surface area contributed by atoms with Gasteiger partial charge in [-0.15, -0.1) is 0 Å². The van der Waals surface area contributed by atoms with E-state index in [0.717, 1.165) is 17.9 Å². The van der Waals surface area contributed by atoms with Crippen LogP contribution >= 0.6 is 0 Å². The molecule has 2 N–H and O–H groups in total. The van der Waals surface area contributed by atoms with E-state index >= 15 is 0 Å². The van der Waals surface area contributed by atoms with Gasteiger partial charge in [0.25, 0.3) is 0 Å². The van der Waals surface area contributed by atoms with Gasteiger partial charge < -0.3 is 10.1 Å². The number of aromatic amines is 1. The number of rotatable bonds is 4. The summed E-state index contributed by atoms with van der Waals surface area (Å²) in [4.78, 5) is 8.57. The Labute approximate surface area is 118 Å². The Morgan fingerprint density at radius 1 is 1.45 bits per heavy atom. The summed E-state index contributed by atoms with van der Waals surface area (Å²) in [5, 5.41) is 10.6. The van der Waals surface area contributed by atoms with Crippen molar-refractivity contribution in [2.24, 2.45) is 0 Å². The Morgan fingerprint density at radius 3 is 3.05 bits per heavy atom. The van der Waals surface area contributed by atoms with Crippen LogP contribution in [0.3, 0.4) is 0 Å². The SMILES string of the molecule is COc1cnc(Nc2cc([C@H]3C[CH]CC3)[nH]n2)c(C)n1. The highest BCUT2D eigenvalue weighted by Gasteiger charge is 2.19. The first-order chi connectivity index (χ1) is 9.76. The summed E-state index contributed by atoms with van der Waals surface area (Å²) in [5.41, 5.74) is 1.96. The molecule has 1 saturated carbocycles. The molecule has 6 heteroatoms. The zero-order valence-electron chi connectivity index (χ0n) is 11.7. The molecule has 1 aliphatic carbocycles. The summed E-state index contributed by atoms with van der Waals surface area (Å²) in [6, 6.07) is 2.05. The van der Waals surface area contributed by atoms with Crippen LogP contribution in [0.1, 0.15) is 36.6 Å². The molecule has 0 saturated heterocycles. The molecule has 105 valence electrons. The van der Waals surface area contributed by atoms with Crippen LogP contribution in [0.25, 0.3) is 0 Å². The normalized spacial score (nSPS) is 15.5. The summed E-state index contributed by atoms with van der Waals surface area (Å²) < 4.78 is 5.05. The largest absolute Gasteiger partial charge is 0.480 e. The number of ether oxygens (including phenoxy) is 1. The second kappa shape index (κ2) is 5.48. The lowest BCUT2D eigenvalue weighted by Gasteiger charge is -2.06. The highest BCUT2D eigenvalue weighted by atomic mass is 16.5. The van der Waals surface area contributed by atoms with Crippen LogP contribution in [0.4, 0.5) is 11.6 Å². The van der Waals surface area contributed by atoms with Gasteiger partial charge in [-0.05, 0) is 32.6 Å². The van der Waals surface area contributed by atoms with Gasteiger partial charge >= 0.3 is 0 Å². The molecule has 1 atom stereocenters. The highest BCUT2D eigenvalue weighted by molar-refractivity contribution is 5.54. The Hall–Kier alpha value is -2.11. The van der Waals surface area contributed by atoms with Gasteiger partial charge in [-0.25, -0.2) is 9.97 Å². The number of aryl methyl sites for hydroxylation is 1. The number of methoxy groups -OCH3 is 1. The van der Waals surface area contributed by atoms with Crippen molar-refractivity contribution in [3.63, 3.8) is 0 Å². The molecule has 0 aliphatic heterocycles. The molecule has 0 aromatic carbocycles. The minimum absolute atomic E-state index is 0.511. The third-order valence-electron chi connectivity index (χ3n) is 3.59. The summed E-state index contributed by atoms with van der Waals surface area (Å²) in [7, 11) is 1.58. The van der Waals surface area contributed by atoms with Gasteiger partial charge in [0.1, 0.15) is 0 Å². The van der Waals surface area contributed by atoms with E-state index in [1.807, 2.05) is 6.92 Å². The molecule has 0 amide bonds. The fourth-order valence-corrected chi connectivity index (χ4v) is 2.45. The van der Waals surface area contributed by atoms with Gasteiger partial charge in [-0.1, -0.05) is 0 Å². The van der Waals surface area contributed by atoms with E-state index in [-0.39, 0.29) is 0 Å². The van der Waals surface area contributed by atoms with Crippen molar-refractivity contribution < 1.29 is 4.74 Å². The summed E-state index contributed by atoms with van der Waals surface area (Å²) in [6.07, 6.45) is 7.44. The predicted molar refractivity (Wildman–Crippen MR) is 76.1 cm³/mol. The van der Waals surface area contributed by atoms with E-state index in [1.165, 1.54) is 18.5 Å². The third-order valence-corrected chi connectivity index (χ3v) is 3.59. The standard InChI is InChI=1S/C14H18N5O/c1-9-14(15-8-13(16-9)20-2)17-12-7-11(18-19-12)10-5-3-4-6-10/h3,7-8,10H,4-6H2,1-2H3,(H2,15,17,18,19)/t10-/m0/s1. The Kier molecular flexibility index (Phi) is 3.54. The molecule has 0 bridgehead atoms. The molecular weight excluding hydrogens is 254 g/mol. The number of nitrogens with one attached hydrogen (secondary N) is 2. The van der Waals surface area contributed by atoms with E-state index in [9.17, 15) is 0 Å². The van der Waals surface area contributed by atoms with Crippen LogP contribution < -0.4 is 10.1 Å². The van der Waals surface area contributed by atoms with Crippen LogP contribution in [0.2, 0.25) is 0 Å². The monoisotopic (exact) mass is 272 g/mol. The fourth-order valence-electron chi connectivity index (χ4n) is 2.45. The lowest BCUT2D eigenvalue weighted by Crippen LogP contribution is -2.00. The van der Waals surface area contributed by atoms with Gasteiger partial charge in [-0.3, -0.25) is 5.10 Å². The third kappa shape index (κ3) is 2.59. The number of hydrogen-bond acceptors (Lipinski definition) is 5. The molecule has 6 nitrogen and oxygen atoms in total. The van der Waals surface area contributed by atoms with Crippen molar-refractivity contribution in [3.05, 3.63) is 30.1 Å². The average molecular weight is 272 g/mol. The van der Waals surface area contributed by atoms with E-state index < -0.39 is 0 Å². The number of aromatic nitrogens is 4. The molecule has 2 aromatic rings. The highest BCUT2D eigenvalue weighted by Crippen LogP contribution is 2.33. The topological polar surface area (TPSA) is 75.7 Å². The van der Waals surface area contributed by atoms with Crippen molar-refractivity contribution in [3.8, 4) is 5.88 Å². The van der Waals surface area contributed by atoms with Crippen LogP contribution in [-0.4, -0.2) is 27.3 Å². The minimum atomic E-state index is 0.511. The Morgan fingerprint density at radius 2 is 2.35 bits per heavy atom. The van der Waals surface area contributed by atoms with Crippen molar-refractivity contribution in [2.45, 2.75) is 32.1 Å². The molecule has 2 aromatic heterocycles. The molecule has 2 heterocycles. The van der Waals surface area contributed by atoms with Crippen LogP contribution in [0.15, 0.2) is 12.3 Å².